The molecule has 0 aliphatic rings. The number of rotatable bonds is 5. The van der Waals surface area contributed by atoms with Crippen molar-refractivity contribution in [2.75, 3.05) is 10.6 Å². The largest absolute Gasteiger partial charge is 0.399 e. The lowest BCUT2D eigenvalue weighted by Gasteiger charge is -2.29. The van der Waals surface area contributed by atoms with Crippen LogP contribution in [0.4, 0.5) is 22.7 Å². The quantitative estimate of drug-likeness (QED) is 0.277. The van der Waals surface area contributed by atoms with E-state index in [-0.39, 0.29) is 0 Å². The van der Waals surface area contributed by atoms with Crippen molar-refractivity contribution in [3.8, 4) is 22.3 Å². The predicted molar refractivity (Wildman–Crippen MR) is 146 cm³/mol. The van der Waals surface area contributed by atoms with Crippen LogP contribution in [0.1, 0.15) is 11.1 Å². The molecule has 0 heterocycles. The molecule has 5 aromatic carbocycles. The van der Waals surface area contributed by atoms with Crippen LogP contribution in [0, 0.1) is 13.8 Å². The molecule has 0 spiro atoms. The molecule has 2 heteroatoms. The van der Waals surface area contributed by atoms with Crippen molar-refractivity contribution < 1.29 is 0 Å². The van der Waals surface area contributed by atoms with Crippen molar-refractivity contribution in [1.82, 2.24) is 0 Å². The summed E-state index contributed by atoms with van der Waals surface area (Å²) >= 11 is 0. The molecule has 0 radical (unpaired) electrons. The first-order valence-corrected chi connectivity index (χ1v) is 11.6. The summed E-state index contributed by atoms with van der Waals surface area (Å²) in [6.07, 6.45) is 0. The molecule has 34 heavy (non-hydrogen) atoms. The average molecular weight is 441 g/mol. The third-order valence-corrected chi connectivity index (χ3v) is 6.24. The van der Waals surface area contributed by atoms with Crippen molar-refractivity contribution in [2.45, 2.75) is 13.8 Å². The van der Waals surface area contributed by atoms with Crippen LogP contribution in [0.2, 0.25) is 0 Å². The van der Waals surface area contributed by atoms with Crippen LogP contribution >= 0.6 is 0 Å². The molecule has 0 aromatic heterocycles. The van der Waals surface area contributed by atoms with Gasteiger partial charge in [0.25, 0.3) is 0 Å². The summed E-state index contributed by atoms with van der Waals surface area (Å²) in [5, 5.41) is 0. The topological polar surface area (TPSA) is 29.3 Å². The highest BCUT2D eigenvalue weighted by Gasteiger charge is 2.18. The first-order valence-electron chi connectivity index (χ1n) is 11.6. The number of nitrogen functional groups attached to an aromatic ring is 1. The molecule has 0 atom stereocenters. The molecular weight excluding hydrogens is 412 g/mol. The van der Waals surface area contributed by atoms with Gasteiger partial charge in [0.1, 0.15) is 0 Å². The zero-order valence-corrected chi connectivity index (χ0v) is 19.6. The van der Waals surface area contributed by atoms with Gasteiger partial charge in [0.05, 0.1) is 0 Å². The minimum Gasteiger partial charge on any atom is -0.399 e. The third-order valence-electron chi connectivity index (χ3n) is 6.24. The van der Waals surface area contributed by atoms with Gasteiger partial charge in [-0.1, -0.05) is 91.0 Å². The smallest absolute Gasteiger partial charge is 0.0497 e. The molecule has 0 saturated heterocycles. The highest BCUT2D eigenvalue weighted by atomic mass is 15.1. The number of hydrogen-bond acceptors (Lipinski definition) is 2. The molecule has 5 aromatic rings. The van der Waals surface area contributed by atoms with E-state index in [1.807, 2.05) is 18.2 Å². The Morgan fingerprint density at radius 3 is 1.44 bits per heavy atom. The highest BCUT2D eigenvalue weighted by molar-refractivity contribution is 5.85. The lowest BCUT2D eigenvalue weighted by atomic mass is 9.99. The van der Waals surface area contributed by atoms with Gasteiger partial charge in [-0.05, 0) is 77.6 Å². The zero-order valence-electron chi connectivity index (χ0n) is 19.6. The van der Waals surface area contributed by atoms with Gasteiger partial charge < -0.3 is 10.6 Å². The van der Waals surface area contributed by atoms with E-state index in [1.165, 1.54) is 33.4 Å². The van der Waals surface area contributed by atoms with E-state index in [4.69, 9.17) is 5.73 Å². The monoisotopic (exact) mass is 440 g/mol. The Hall–Kier alpha value is -4.30. The molecule has 0 aliphatic heterocycles. The summed E-state index contributed by atoms with van der Waals surface area (Å²) in [7, 11) is 0. The van der Waals surface area contributed by atoms with Gasteiger partial charge in [-0.2, -0.15) is 0 Å². The van der Waals surface area contributed by atoms with E-state index >= 15 is 0 Å². The van der Waals surface area contributed by atoms with E-state index in [0.29, 0.717) is 0 Å². The maximum absolute atomic E-state index is 6.24. The molecule has 0 amide bonds. The first-order chi connectivity index (χ1) is 16.6. The Kier molecular flexibility index (Phi) is 5.88. The number of nitrogens with zero attached hydrogens (tertiary/aromatic N) is 1. The van der Waals surface area contributed by atoms with Crippen LogP contribution < -0.4 is 10.6 Å². The van der Waals surface area contributed by atoms with Crippen LogP contribution in [0.3, 0.4) is 0 Å². The summed E-state index contributed by atoms with van der Waals surface area (Å²) in [4.78, 5) is 2.33. The summed E-state index contributed by atoms with van der Waals surface area (Å²) in [5.41, 5.74) is 17.5. The van der Waals surface area contributed by atoms with E-state index in [1.54, 1.807) is 0 Å². The number of nitrogens with two attached hydrogens (primary N) is 1. The summed E-state index contributed by atoms with van der Waals surface area (Å²) in [6.45, 7) is 4.33. The van der Waals surface area contributed by atoms with E-state index in [2.05, 4.69) is 122 Å². The van der Waals surface area contributed by atoms with Gasteiger partial charge in [-0.15, -0.1) is 0 Å². The van der Waals surface area contributed by atoms with E-state index < -0.39 is 0 Å². The fourth-order valence-electron chi connectivity index (χ4n) is 4.39. The Morgan fingerprint density at radius 2 is 0.971 bits per heavy atom. The second-order valence-electron chi connectivity index (χ2n) is 8.66. The normalized spacial score (nSPS) is 10.8. The molecule has 5 rings (SSSR count). The number of hydrogen-bond donors (Lipinski definition) is 1. The van der Waals surface area contributed by atoms with Gasteiger partial charge in [0.15, 0.2) is 0 Å². The molecule has 0 aliphatic carbocycles. The molecule has 2 N–H and O–H groups in total. The minimum absolute atomic E-state index is 0.747. The summed E-state index contributed by atoms with van der Waals surface area (Å²) < 4.78 is 0. The Labute approximate surface area is 201 Å². The standard InChI is InChI=1S/C32H28N2/c1-23-16-18-27(25-10-5-3-6-11-25)20-31(23)34(30-15-9-14-29(33)22-30)32-21-28(19-17-24(32)2)26-12-7-4-8-13-26/h3-22H,33H2,1-2H3. The molecule has 166 valence electrons. The van der Waals surface area contributed by atoms with Gasteiger partial charge in [0.2, 0.25) is 0 Å². The SMILES string of the molecule is Cc1ccc(-c2ccccc2)cc1N(c1cccc(N)c1)c1cc(-c2ccccc2)ccc1C. The van der Waals surface area contributed by atoms with E-state index in [9.17, 15) is 0 Å². The second kappa shape index (κ2) is 9.29. The Balaban J connectivity index is 1.73. The van der Waals surface area contributed by atoms with Crippen molar-refractivity contribution >= 4 is 22.7 Å². The Morgan fingerprint density at radius 1 is 0.471 bits per heavy atom. The third kappa shape index (κ3) is 4.31. The number of benzene rings is 5. The minimum atomic E-state index is 0.747. The lowest BCUT2D eigenvalue weighted by molar-refractivity contribution is 1.23. The fourth-order valence-corrected chi connectivity index (χ4v) is 4.39. The second-order valence-corrected chi connectivity index (χ2v) is 8.66. The molecular formula is C32H28N2. The van der Waals surface area contributed by atoms with Gasteiger partial charge >= 0.3 is 0 Å². The van der Waals surface area contributed by atoms with Gasteiger partial charge in [-0.25, -0.2) is 0 Å². The molecule has 0 fully saturated rings. The average Bonchev–Trinajstić information content (AvgIpc) is 2.87. The van der Waals surface area contributed by atoms with Crippen LogP contribution in [0.5, 0.6) is 0 Å². The van der Waals surface area contributed by atoms with Gasteiger partial charge in [0, 0.05) is 22.7 Å². The number of aryl methyl sites for hydroxylation is 2. The van der Waals surface area contributed by atoms with E-state index in [0.717, 1.165) is 22.7 Å². The maximum Gasteiger partial charge on any atom is 0.0497 e. The first kappa shape index (κ1) is 21.5. The molecule has 0 unspecified atom stereocenters. The van der Waals surface area contributed by atoms with Gasteiger partial charge in [-0.3, -0.25) is 0 Å². The Bertz CT molecular complexity index is 1330. The van der Waals surface area contributed by atoms with Crippen LogP contribution in [-0.4, -0.2) is 0 Å². The maximum atomic E-state index is 6.24. The van der Waals surface area contributed by atoms with Crippen LogP contribution in [0.25, 0.3) is 22.3 Å². The predicted octanol–water partition coefficient (Wildman–Crippen LogP) is 8.69. The van der Waals surface area contributed by atoms with Crippen molar-refractivity contribution in [1.29, 1.82) is 0 Å². The van der Waals surface area contributed by atoms with Crippen LogP contribution in [-0.2, 0) is 0 Å². The van der Waals surface area contributed by atoms with Crippen LogP contribution in [0.15, 0.2) is 121 Å². The molecule has 2 nitrogen and oxygen atoms in total. The summed E-state index contributed by atoms with van der Waals surface area (Å²) in [5.74, 6) is 0. The number of anilines is 4. The van der Waals surface area contributed by atoms with Crippen molar-refractivity contribution in [2.24, 2.45) is 0 Å². The summed E-state index contributed by atoms with van der Waals surface area (Å²) in [6, 6.07) is 42.5. The fraction of sp³-hybridized carbons (Fsp3) is 0.0625. The lowest BCUT2D eigenvalue weighted by Crippen LogP contribution is -2.13. The van der Waals surface area contributed by atoms with Crippen molar-refractivity contribution in [3.63, 3.8) is 0 Å². The molecule has 0 saturated carbocycles. The zero-order chi connectivity index (χ0) is 23.5. The highest BCUT2D eigenvalue weighted by Crippen LogP contribution is 2.41. The van der Waals surface area contributed by atoms with Crippen molar-refractivity contribution in [3.05, 3.63) is 132 Å². The molecule has 0 bridgehead atoms.